The Morgan fingerprint density at radius 3 is 2.67 bits per heavy atom. The van der Waals surface area contributed by atoms with Gasteiger partial charge in [0, 0.05) is 23.5 Å². The zero-order chi connectivity index (χ0) is 13.0. The lowest BCUT2D eigenvalue weighted by Crippen LogP contribution is -2.41. The maximum atomic E-state index is 11.9. The SMILES string of the molecule is Cc1c(=O)o[nH][n+]1CCS(=O)Cc1ccccc1. The van der Waals surface area contributed by atoms with Crippen LogP contribution in [0, 0.1) is 6.92 Å². The van der Waals surface area contributed by atoms with Crippen LogP contribution in [0.2, 0.25) is 0 Å². The van der Waals surface area contributed by atoms with Crippen LogP contribution in [0.25, 0.3) is 0 Å². The van der Waals surface area contributed by atoms with Gasteiger partial charge < -0.3 is 0 Å². The molecule has 6 heteroatoms. The summed E-state index contributed by atoms with van der Waals surface area (Å²) in [7, 11) is -0.955. The molecule has 1 atom stereocenters. The van der Waals surface area contributed by atoms with Crippen LogP contribution in [0.15, 0.2) is 39.6 Å². The smallest absolute Gasteiger partial charge is 0.283 e. The predicted molar refractivity (Wildman–Crippen MR) is 67.4 cm³/mol. The Morgan fingerprint density at radius 2 is 2.06 bits per heavy atom. The molecular formula is C12H15N2O3S+. The summed E-state index contributed by atoms with van der Waals surface area (Å²) in [5.41, 5.74) is 1.16. The van der Waals surface area contributed by atoms with Crippen molar-refractivity contribution < 1.29 is 13.4 Å². The summed E-state index contributed by atoms with van der Waals surface area (Å²) in [6, 6.07) is 9.70. The minimum absolute atomic E-state index is 0.385. The quantitative estimate of drug-likeness (QED) is 0.803. The molecule has 2 aromatic rings. The number of aromatic amines is 1. The molecule has 0 fully saturated rings. The molecule has 0 radical (unpaired) electrons. The second kappa shape index (κ2) is 5.77. The second-order valence-electron chi connectivity index (χ2n) is 3.99. The van der Waals surface area contributed by atoms with Crippen molar-refractivity contribution in [2.75, 3.05) is 5.75 Å². The molecule has 0 amide bonds. The van der Waals surface area contributed by atoms with Crippen molar-refractivity contribution in [1.29, 1.82) is 0 Å². The zero-order valence-electron chi connectivity index (χ0n) is 10.1. The molecule has 2 rings (SSSR count). The summed E-state index contributed by atoms with van der Waals surface area (Å²) in [6.45, 7) is 2.15. The van der Waals surface area contributed by atoms with Crippen molar-refractivity contribution in [2.45, 2.75) is 19.2 Å². The van der Waals surface area contributed by atoms with Gasteiger partial charge in [0.25, 0.3) is 5.69 Å². The van der Waals surface area contributed by atoms with Gasteiger partial charge in [-0.2, -0.15) is 0 Å². The molecule has 1 aromatic heterocycles. The highest BCUT2D eigenvalue weighted by Gasteiger charge is 2.15. The number of aryl methyl sites for hydroxylation is 1. The van der Waals surface area contributed by atoms with E-state index >= 15 is 0 Å². The molecular weight excluding hydrogens is 252 g/mol. The maximum Gasteiger partial charge on any atom is 0.429 e. The molecule has 0 bridgehead atoms. The van der Waals surface area contributed by atoms with E-state index in [4.69, 9.17) is 0 Å². The molecule has 0 aliphatic carbocycles. The van der Waals surface area contributed by atoms with Gasteiger partial charge in [-0.05, 0) is 10.8 Å². The van der Waals surface area contributed by atoms with Crippen LogP contribution in [-0.2, 0) is 23.1 Å². The third-order valence-electron chi connectivity index (χ3n) is 2.66. The number of nitrogens with zero attached hydrogens (tertiary/aromatic N) is 1. The van der Waals surface area contributed by atoms with E-state index in [1.807, 2.05) is 30.3 Å². The van der Waals surface area contributed by atoms with E-state index in [2.05, 4.69) is 9.79 Å². The van der Waals surface area contributed by atoms with E-state index in [9.17, 15) is 9.00 Å². The van der Waals surface area contributed by atoms with E-state index in [1.54, 1.807) is 11.6 Å². The van der Waals surface area contributed by atoms with Crippen molar-refractivity contribution in [3.05, 3.63) is 52.0 Å². The number of aromatic nitrogens is 2. The third-order valence-corrected chi connectivity index (χ3v) is 3.96. The first-order chi connectivity index (χ1) is 8.66. The van der Waals surface area contributed by atoms with Gasteiger partial charge in [-0.3, -0.25) is 8.73 Å². The lowest BCUT2D eigenvalue weighted by atomic mass is 10.2. The minimum atomic E-state index is -0.955. The highest BCUT2D eigenvalue weighted by Crippen LogP contribution is 2.02. The van der Waals surface area contributed by atoms with Crippen LogP contribution >= 0.6 is 0 Å². The van der Waals surface area contributed by atoms with Crippen molar-refractivity contribution >= 4 is 10.8 Å². The zero-order valence-corrected chi connectivity index (χ0v) is 10.9. The summed E-state index contributed by atoms with van der Waals surface area (Å²) in [6.07, 6.45) is 0. The third kappa shape index (κ3) is 3.16. The fraction of sp³-hybridized carbons (Fsp3) is 0.333. The lowest BCUT2D eigenvalue weighted by Gasteiger charge is -1.99. The summed E-state index contributed by atoms with van der Waals surface area (Å²) < 4.78 is 18.1. The fourth-order valence-corrected chi connectivity index (χ4v) is 2.68. The molecule has 0 aliphatic rings. The summed E-state index contributed by atoms with van der Waals surface area (Å²) >= 11 is 0. The molecule has 0 saturated carbocycles. The van der Waals surface area contributed by atoms with Gasteiger partial charge >= 0.3 is 5.63 Å². The van der Waals surface area contributed by atoms with Gasteiger partial charge in [-0.15, -0.1) is 0 Å². The average molecular weight is 267 g/mol. The highest BCUT2D eigenvalue weighted by atomic mass is 32.2. The molecule has 18 heavy (non-hydrogen) atoms. The van der Waals surface area contributed by atoms with Gasteiger partial charge in [0.15, 0.2) is 6.54 Å². The van der Waals surface area contributed by atoms with Gasteiger partial charge in [0.1, 0.15) is 0 Å². The Kier molecular flexibility index (Phi) is 4.09. The van der Waals surface area contributed by atoms with Crippen LogP contribution in [0.5, 0.6) is 0 Å². The van der Waals surface area contributed by atoms with Gasteiger partial charge in [-0.1, -0.05) is 35.0 Å². The monoisotopic (exact) mass is 267 g/mol. The molecule has 5 nitrogen and oxygen atoms in total. The van der Waals surface area contributed by atoms with Crippen molar-refractivity contribution in [1.82, 2.24) is 5.27 Å². The normalized spacial score (nSPS) is 12.5. The molecule has 1 unspecified atom stereocenters. The standard InChI is InChI=1S/C12H14N2O3S/c1-10-12(15)17-13-14(10)7-8-18(16)9-11-5-3-2-4-6-11/h2-6H,7-9H2,1H3/p+1. The number of nitrogens with one attached hydrogen (secondary N) is 1. The number of benzene rings is 1. The Balaban J connectivity index is 1.89. The number of hydrogen-bond donors (Lipinski definition) is 1. The van der Waals surface area contributed by atoms with Crippen LogP contribution < -0.4 is 10.3 Å². The van der Waals surface area contributed by atoms with Crippen molar-refractivity contribution in [3.63, 3.8) is 0 Å². The summed E-state index contributed by atoms with van der Waals surface area (Å²) in [4.78, 5) is 11.1. The maximum absolute atomic E-state index is 11.9. The highest BCUT2D eigenvalue weighted by molar-refractivity contribution is 7.84. The van der Waals surface area contributed by atoms with Crippen molar-refractivity contribution in [3.8, 4) is 0 Å². The van der Waals surface area contributed by atoms with Gasteiger partial charge in [0.05, 0.1) is 5.75 Å². The second-order valence-corrected chi connectivity index (χ2v) is 5.57. The van der Waals surface area contributed by atoms with Crippen LogP contribution in [0.4, 0.5) is 0 Å². The molecule has 0 spiro atoms. The van der Waals surface area contributed by atoms with Crippen LogP contribution in [0.1, 0.15) is 11.3 Å². The fourth-order valence-electron chi connectivity index (χ4n) is 1.59. The average Bonchev–Trinajstić information content (AvgIpc) is 2.69. The molecule has 0 saturated heterocycles. The van der Waals surface area contributed by atoms with E-state index in [1.165, 1.54) is 0 Å². The van der Waals surface area contributed by atoms with Crippen LogP contribution in [0.3, 0.4) is 0 Å². The Bertz CT molecular complexity index is 589. The number of rotatable bonds is 5. The first kappa shape index (κ1) is 12.8. The topological polar surface area (TPSA) is 67.0 Å². The molecule has 1 heterocycles. The lowest BCUT2D eigenvalue weighted by molar-refractivity contribution is -0.763. The number of H-pyrrole nitrogens is 1. The van der Waals surface area contributed by atoms with Crippen LogP contribution in [-0.4, -0.2) is 15.2 Å². The van der Waals surface area contributed by atoms with E-state index in [0.717, 1.165) is 5.56 Å². The number of hydrogen-bond acceptors (Lipinski definition) is 3. The molecule has 1 aromatic carbocycles. The first-order valence-corrected chi connectivity index (χ1v) is 7.12. The van der Waals surface area contributed by atoms with E-state index in [0.29, 0.717) is 23.7 Å². The largest absolute Gasteiger partial charge is 0.429 e. The molecule has 96 valence electrons. The van der Waals surface area contributed by atoms with E-state index < -0.39 is 10.8 Å². The van der Waals surface area contributed by atoms with Gasteiger partial charge in [-0.25, -0.2) is 4.79 Å². The Morgan fingerprint density at radius 1 is 1.33 bits per heavy atom. The van der Waals surface area contributed by atoms with Crippen molar-refractivity contribution in [2.24, 2.45) is 0 Å². The molecule has 0 aliphatic heterocycles. The predicted octanol–water partition coefficient (Wildman–Crippen LogP) is 0.513. The minimum Gasteiger partial charge on any atom is -0.283 e. The Hall–Kier alpha value is -1.69. The summed E-state index contributed by atoms with van der Waals surface area (Å²) in [5, 5.41) is 2.49. The van der Waals surface area contributed by atoms with E-state index in [-0.39, 0.29) is 5.63 Å². The summed E-state index contributed by atoms with van der Waals surface area (Å²) in [5.74, 6) is 1.01. The van der Waals surface area contributed by atoms with Gasteiger partial charge in [0.2, 0.25) is 0 Å². The molecule has 1 N–H and O–H groups in total. The first-order valence-electron chi connectivity index (χ1n) is 5.63. The Labute approximate surface area is 107 Å².